The Hall–Kier alpha value is -3.15. The number of rotatable bonds is 5. The Morgan fingerprint density at radius 1 is 1.16 bits per heavy atom. The quantitative estimate of drug-likeness (QED) is 0.745. The zero-order chi connectivity index (χ0) is 17.6. The average Bonchev–Trinajstić information content (AvgIpc) is 3.00. The number of imidazole rings is 1. The second-order valence-corrected chi connectivity index (χ2v) is 5.74. The SMILES string of the molecule is Cc1nccn1Cc1ccc(NC(=O)NCc2cccc(F)c2)cc1. The first kappa shape index (κ1) is 16.7. The second kappa shape index (κ2) is 7.61. The number of amides is 2. The number of aryl methyl sites for hydroxylation is 1. The number of nitrogens with one attached hydrogen (secondary N) is 2. The highest BCUT2D eigenvalue weighted by Gasteiger charge is 2.04. The molecule has 0 radical (unpaired) electrons. The van der Waals surface area contributed by atoms with Crippen molar-refractivity contribution in [3.8, 4) is 0 Å². The van der Waals surface area contributed by atoms with Crippen molar-refractivity contribution in [1.29, 1.82) is 0 Å². The smallest absolute Gasteiger partial charge is 0.319 e. The predicted octanol–water partition coefficient (Wildman–Crippen LogP) is 3.70. The largest absolute Gasteiger partial charge is 0.334 e. The zero-order valence-electron chi connectivity index (χ0n) is 13.9. The number of hydrogen-bond acceptors (Lipinski definition) is 2. The third kappa shape index (κ3) is 4.67. The molecule has 25 heavy (non-hydrogen) atoms. The van der Waals surface area contributed by atoms with E-state index < -0.39 is 0 Å². The summed E-state index contributed by atoms with van der Waals surface area (Å²) in [6.07, 6.45) is 3.70. The molecule has 2 amide bonds. The van der Waals surface area contributed by atoms with Crippen LogP contribution in [0.25, 0.3) is 0 Å². The van der Waals surface area contributed by atoms with Crippen LogP contribution in [0.3, 0.4) is 0 Å². The average molecular weight is 338 g/mol. The molecule has 0 aliphatic rings. The van der Waals surface area contributed by atoms with Gasteiger partial charge in [0.05, 0.1) is 0 Å². The van der Waals surface area contributed by atoms with Gasteiger partial charge in [-0.15, -0.1) is 0 Å². The Kier molecular flexibility index (Phi) is 5.09. The lowest BCUT2D eigenvalue weighted by atomic mass is 10.2. The molecule has 1 heterocycles. The van der Waals surface area contributed by atoms with Gasteiger partial charge in [-0.05, 0) is 42.3 Å². The van der Waals surface area contributed by atoms with E-state index in [0.29, 0.717) is 11.3 Å². The fraction of sp³-hybridized carbons (Fsp3) is 0.158. The summed E-state index contributed by atoms with van der Waals surface area (Å²) in [5.74, 6) is 0.641. The molecule has 5 nitrogen and oxygen atoms in total. The van der Waals surface area contributed by atoms with Gasteiger partial charge in [0.25, 0.3) is 0 Å². The summed E-state index contributed by atoms with van der Waals surface area (Å²) in [7, 11) is 0. The molecule has 3 aromatic rings. The maximum atomic E-state index is 13.1. The van der Waals surface area contributed by atoms with E-state index >= 15 is 0 Å². The van der Waals surface area contributed by atoms with Crippen molar-refractivity contribution in [3.63, 3.8) is 0 Å². The van der Waals surface area contributed by atoms with Crippen LogP contribution in [0, 0.1) is 12.7 Å². The second-order valence-electron chi connectivity index (χ2n) is 5.74. The molecule has 0 unspecified atom stereocenters. The fourth-order valence-corrected chi connectivity index (χ4v) is 2.47. The van der Waals surface area contributed by atoms with E-state index in [1.807, 2.05) is 42.0 Å². The standard InChI is InChI=1S/C19H19FN4O/c1-14-21-9-10-24(14)13-15-5-7-18(8-6-15)23-19(25)22-12-16-3-2-4-17(20)11-16/h2-11H,12-13H2,1H3,(H2,22,23,25). The number of benzene rings is 2. The monoisotopic (exact) mass is 338 g/mol. The van der Waals surface area contributed by atoms with Crippen LogP contribution in [0.1, 0.15) is 17.0 Å². The molecule has 0 fully saturated rings. The Labute approximate surface area is 145 Å². The molecule has 0 aliphatic carbocycles. The molecule has 6 heteroatoms. The van der Waals surface area contributed by atoms with Gasteiger partial charge in [0.1, 0.15) is 11.6 Å². The highest BCUT2D eigenvalue weighted by Crippen LogP contribution is 2.12. The van der Waals surface area contributed by atoms with Gasteiger partial charge in [-0.3, -0.25) is 0 Å². The van der Waals surface area contributed by atoms with Crippen LogP contribution in [-0.4, -0.2) is 15.6 Å². The molecule has 0 atom stereocenters. The van der Waals surface area contributed by atoms with Gasteiger partial charge in [-0.25, -0.2) is 14.2 Å². The summed E-state index contributed by atoms with van der Waals surface area (Å²) in [6, 6.07) is 13.4. The number of urea groups is 1. The first-order valence-electron chi connectivity index (χ1n) is 7.96. The molecule has 128 valence electrons. The van der Waals surface area contributed by atoms with Gasteiger partial charge in [-0.1, -0.05) is 24.3 Å². The predicted molar refractivity (Wildman–Crippen MR) is 94.8 cm³/mol. The maximum Gasteiger partial charge on any atom is 0.319 e. The van der Waals surface area contributed by atoms with Crippen LogP contribution in [0.15, 0.2) is 60.9 Å². The number of carbonyl (C=O) groups excluding carboxylic acids is 1. The topological polar surface area (TPSA) is 59.0 Å². The number of halogens is 1. The number of nitrogens with zero attached hydrogens (tertiary/aromatic N) is 2. The lowest BCUT2D eigenvalue weighted by Gasteiger charge is -2.09. The molecule has 3 rings (SSSR count). The Bertz CT molecular complexity index is 858. The van der Waals surface area contributed by atoms with E-state index in [1.54, 1.807) is 18.3 Å². The van der Waals surface area contributed by atoms with Crippen LogP contribution < -0.4 is 10.6 Å². The first-order valence-corrected chi connectivity index (χ1v) is 7.96. The summed E-state index contributed by atoms with van der Waals surface area (Å²) in [6.45, 7) is 2.96. The van der Waals surface area contributed by atoms with Crippen molar-refractivity contribution in [1.82, 2.24) is 14.9 Å². The summed E-state index contributed by atoms with van der Waals surface area (Å²) in [5, 5.41) is 5.47. The van der Waals surface area contributed by atoms with Crippen molar-refractivity contribution in [2.75, 3.05) is 5.32 Å². The van der Waals surface area contributed by atoms with Gasteiger partial charge >= 0.3 is 6.03 Å². The van der Waals surface area contributed by atoms with Crippen LogP contribution >= 0.6 is 0 Å². The summed E-state index contributed by atoms with van der Waals surface area (Å²) >= 11 is 0. The molecule has 2 N–H and O–H groups in total. The van der Waals surface area contributed by atoms with Crippen LogP contribution in [0.2, 0.25) is 0 Å². The highest BCUT2D eigenvalue weighted by atomic mass is 19.1. The molecule has 1 aromatic heterocycles. The van der Waals surface area contributed by atoms with Gasteiger partial charge < -0.3 is 15.2 Å². The normalized spacial score (nSPS) is 10.5. The van der Waals surface area contributed by atoms with E-state index in [0.717, 1.165) is 17.9 Å². The third-order valence-electron chi connectivity index (χ3n) is 3.83. The highest BCUT2D eigenvalue weighted by molar-refractivity contribution is 5.89. The summed E-state index contributed by atoms with van der Waals surface area (Å²) < 4.78 is 15.2. The van der Waals surface area contributed by atoms with Gasteiger partial charge in [0.15, 0.2) is 0 Å². The van der Waals surface area contributed by atoms with Gasteiger partial charge in [-0.2, -0.15) is 0 Å². The lowest BCUT2D eigenvalue weighted by Crippen LogP contribution is -2.28. The van der Waals surface area contributed by atoms with Crippen molar-refractivity contribution in [2.45, 2.75) is 20.0 Å². The molecular weight excluding hydrogens is 319 g/mol. The van der Waals surface area contributed by atoms with Crippen molar-refractivity contribution < 1.29 is 9.18 Å². The Balaban J connectivity index is 1.52. The minimum absolute atomic E-state index is 0.265. The van der Waals surface area contributed by atoms with Crippen molar-refractivity contribution in [2.24, 2.45) is 0 Å². The van der Waals surface area contributed by atoms with Crippen LogP contribution in [0.4, 0.5) is 14.9 Å². The van der Waals surface area contributed by atoms with Gasteiger partial charge in [0, 0.05) is 31.2 Å². The van der Waals surface area contributed by atoms with Crippen molar-refractivity contribution in [3.05, 3.63) is 83.7 Å². The maximum absolute atomic E-state index is 13.1. The van der Waals surface area contributed by atoms with Crippen LogP contribution in [0.5, 0.6) is 0 Å². The molecule has 0 saturated carbocycles. The number of carbonyl (C=O) groups is 1. The first-order chi connectivity index (χ1) is 12.1. The fourth-order valence-electron chi connectivity index (χ4n) is 2.47. The summed E-state index contributed by atoms with van der Waals surface area (Å²) in [4.78, 5) is 16.1. The molecule has 0 spiro atoms. The lowest BCUT2D eigenvalue weighted by molar-refractivity contribution is 0.251. The number of anilines is 1. The zero-order valence-corrected chi connectivity index (χ0v) is 13.9. The molecule has 0 bridgehead atoms. The van der Waals surface area contributed by atoms with Crippen molar-refractivity contribution >= 4 is 11.7 Å². The van der Waals surface area contributed by atoms with E-state index in [9.17, 15) is 9.18 Å². The number of hydrogen-bond donors (Lipinski definition) is 2. The summed E-state index contributed by atoms with van der Waals surface area (Å²) in [5.41, 5.74) is 2.52. The minimum atomic E-state index is -0.331. The molecule has 0 aliphatic heterocycles. The number of aromatic nitrogens is 2. The minimum Gasteiger partial charge on any atom is -0.334 e. The molecule has 2 aromatic carbocycles. The van der Waals surface area contributed by atoms with E-state index in [2.05, 4.69) is 15.6 Å². The van der Waals surface area contributed by atoms with E-state index in [1.165, 1.54) is 12.1 Å². The Morgan fingerprint density at radius 2 is 1.96 bits per heavy atom. The van der Waals surface area contributed by atoms with E-state index in [-0.39, 0.29) is 18.4 Å². The third-order valence-corrected chi connectivity index (χ3v) is 3.83. The molecular formula is C19H19FN4O. The Morgan fingerprint density at radius 3 is 2.64 bits per heavy atom. The van der Waals surface area contributed by atoms with E-state index in [4.69, 9.17) is 0 Å². The molecule has 0 saturated heterocycles. The van der Waals surface area contributed by atoms with Crippen LogP contribution in [-0.2, 0) is 13.1 Å². The van der Waals surface area contributed by atoms with Gasteiger partial charge in [0.2, 0.25) is 0 Å².